The average molecular weight is 556 g/mol. The van der Waals surface area contributed by atoms with E-state index in [9.17, 15) is 14.4 Å². The first kappa shape index (κ1) is 26.0. The Bertz CT molecular complexity index is 1770. The van der Waals surface area contributed by atoms with Gasteiger partial charge in [-0.15, -0.1) is 0 Å². The summed E-state index contributed by atoms with van der Waals surface area (Å²) in [5.41, 5.74) is 3.04. The van der Waals surface area contributed by atoms with E-state index >= 15 is 0 Å². The Balaban J connectivity index is 1.59. The summed E-state index contributed by atoms with van der Waals surface area (Å²) < 4.78 is 11.5. The predicted molar refractivity (Wildman–Crippen MR) is 161 cm³/mol. The molecule has 42 heavy (non-hydrogen) atoms. The fourth-order valence-corrected chi connectivity index (χ4v) is 7.30. The summed E-state index contributed by atoms with van der Waals surface area (Å²) >= 11 is 0. The van der Waals surface area contributed by atoms with Gasteiger partial charge in [0.05, 0.1) is 20.3 Å². The van der Waals surface area contributed by atoms with E-state index in [1.54, 1.807) is 68.8 Å². The SMILES string of the molecule is COc1ccc(OC)c([C@@H]2[C@@H](C(=O)c3ccccc3)N3c4ccc(C)cc4C=C[C@@H]3C23C(=O)c2ccccc2C3=O)c1. The lowest BCUT2D eigenvalue weighted by Crippen LogP contribution is -2.48. The zero-order valence-electron chi connectivity index (χ0n) is 23.5. The zero-order chi connectivity index (χ0) is 29.2. The summed E-state index contributed by atoms with van der Waals surface area (Å²) in [5, 5.41) is 0. The second kappa shape index (κ2) is 9.55. The molecule has 0 N–H and O–H groups in total. The van der Waals surface area contributed by atoms with Gasteiger partial charge in [-0.3, -0.25) is 14.4 Å². The summed E-state index contributed by atoms with van der Waals surface area (Å²) in [6.07, 6.45) is 3.91. The fourth-order valence-electron chi connectivity index (χ4n) is 7.30. The molecule has 0 bridgehead atoms. The summed E-state index contributed by atoms with van der Waals surface area (Å²) in [7, 11) is 3.12. The fraction of sp³-hybridized carbons (Fsp3) is 0.194. The van der Waals surface area contributed by atoms with Crippen LogP contribution in [0.1, 0.15) is 53.7 Å². The van der Waals surface area contributed by atoms with E-state index in [2.05, 4.69) is 6.07 Å². The molecule has 7 rings (SSSR count). The molecule has 4 aromatic rings. The Morgan fingerprint density at radius 2 is 1.50 bits per heavy atom. The van der Waals surface area contributed by atoms with Crippen LogP contribution in [0.4, 0.5) is 5.69 Å². The number of carbonyl (C=O) groups is 3. The van der Waals surface area contributed by atoms with Crippen LogP contribution in [0.3, 0.4) is 0 Å². The molecule has 3 atom stereocenters. The number of anilines is 1. The smallest absolute Gasteiger partial charge is 0.185 e. The van der Waals surface area contributed by atoms with Crippen molar-refractivity contribution in [3.8, 4) is 11.5 Å². The van der Waals surface area contributed by atoms with E-state index < -0.39 is 23.4 Å². The lowest BCUT2D eigenvalue weighted by atomic mass is 9.64. The van der Waals surface area contributed by atoms with E-state index in [0.717, 1.165) is 16.8 Å². The molecule has 2 heterocycles. The van der Waals surface area contributed by atoms with Crippen molar-refractivity contribution in [2.24, 2.45) is 5.41 Å². The van der Waals surface area contributed by atoms with Crippen molar-refractivity contribution < 1.29 is 23.9 Å². The zero-order valence-corrected chi connectivity index (χ0v) is 23.5. The van der Waals surface area contributed by atoms with Crippen molar-refractivity contribution >= 4 is 29.1 Å². The van der Waals surface area contributed by atoms with E-state index in [-0.39, 0.29) is 17.3 Å². The van der Waals surface area contributed by atoms with Crippen molar-refractivity contribution in [1.82, 2.24) is 0 Å². The summed E-state index contributed by atoms with van der Waals surface area (Å²) in [5.74, 6) is -0.599. The maximum atomic E-state index is 14.8. The Morgan fingerprint density at radius 3 is 2.17 bits per heavy atom. The van der Waals surface area contributed by atoms with Gasteiger partial charge >= 0.3 is 0 Å². The van der Waals surface area contributed by atoms with Crippen LogP contribution in [-0.4, -0.2) is 43.7 Å². The van der Waals surface area contributed by atoms with Gasteiger partial charge in [0.15, 0.2) is 17.3 Å². The van der Waals surface area contributed by atoms with E-state index in [4.69, 9.17) is 9.47 Å². The summed E-state index contributed by atoms with van der Waals surface area (Å²) in [6.45, 7) is 2.02. The normalized spacial score (nSPS) is 21.2. The Hall–Kier alpha value is -4.97. The number of nitrogens with zero attached hydrogens (tertiary/aromatic N) is 1. The molecule has 0 unspecified atom stereocenters. The number of hydrogen-bond acceptors (Lipinski definition) is 6. The number of hydrogen-bond donors (Lipinski definition) is 0. The first-order valence-corrected chi connectivity index (χ1v) is 14.0. The third-order valence-electron chi connectivity index (χ3n) is 9.06. The monoisotopic (exact) mass is 555 g/mol. The standard InChI is InChI=1S/C36H29NO5/c1-21-13-16-28-23(19-21)14-18-30-36(34(39)25-11-7-8-12-26(25)35(36)40)31(27-20-24(41-2)15-17-29(27)42-3)32(37(28)30)33(38)22-9-5-4-6-10-22/h4-20,30-32H,1-3H3/t30-,31-,32+/m1/s1. The molecule has 0 aromatic heterocycles. The Morgan fingerprint density at radius 1 is 0.810 bits per heavy atom. The minimum atomic E-state index is -1.61. The second-order valence-electron chi connectivity index (χ2n) is 11.1. The van der Waals surface area contributed by atoms with Gasteiger partial charge in [-0.1, -0.05) is 78.4 Å². The number of benzene rings is 4. The third-order valence-corrected chi connectivity index (χ3v) is 9.06. The van der Waals surface area contributed by atoms with Gasteiger partial charge in [0.2, 0.25) is 0 Å². The molecule has 3 aliphatic rings. The van der Waals surface area contributed by atoms with Crippen LogP contribution in [0.25, 0.3) is 6.08 Å². The van der Waals surface area contributed by atoms with Crippen LogP contribution in [0, 0.1) is 12.3 Å². The number of fused-ring (bicyclic) bond motifs is 5. The lowest BCUT2D eigenvalue weighted by Gasteiger charge is -2.37. The van der Waals surface area contributed by atoms with Gasteiger partial charge in [-0.05, 0) is 42.8 Å². The molecular formula is C36H29NO5. The maximum Gasteiger partial charge on any atom is 0.185 e. The van der Waals surface area contributed by atoms with Gasteiger partial charge in [-0.2, -0.15) is 0 Å². The molecule has 0 saturated carbocycles. The molecule has 2 aliphatic heterocycles. The molecule has 0 amide bonds. The Kier molecular flexibility index (Phi) is 5.91. The number of aryl methyl sites for hydroxylation is 1. The van der Waals surface area contributed by atoms with E-state index in [1.807, 2.05) is 54.3 Å². The highest BCUT2D eigenvalue weighted by Crippen LogP contribution is 2.62. The quantitative estimate of drug-likeness (QED) is 0.212. The Labute approximate surface area is 244 Å². The van der Waals surface area contributed by atoms with Crippen LogP contribution >= 0.6 is 0 Å². The number of methoxy groups -OCH3 is 2. The van der Waals surface area contributed by atoms with Gasteiger partial charge < -0.3 is 14.4 Å². The highest BCUT2D eigenvalue weighted by molar-refractivity contribution is 6.32. The van der Waals surface area contributed by atoms with Crippen LogP contribution in [0.2, 0.25) is 0 Å². The second-order valence-corrected chi connectivity index (χ2v) is 11.1. The van der Waals surface area contributed by atoms with Crippen LogP contribution in [0.15, 0.2) is 97.1 Å². The molecule has 1 spiro atoms. The van der Waals surface area contributed by atoms with Crippen LogP contribution < -0.4 is 14.4 Å². The number of ketones is 3. The van der Waals surface area contributed by atoms with E-state index in [1.165, 1.54) is 0 Å². The lowest BCUT2D eigenvalue weighted by molar-refractivity contribution is 0.0664. The molecule has 0 radical (unpaired) electrons. The number of rotatable bonds is 5. The molecular weight excluding hydrogens is 526 g/mol. The van der Waals surface area contributed by atoms with Gasteiger partial charge in [0, 0.05) is 33.9 Å². The first-order valence-electron chi connectivity index (χ1n) is 14.0. The van der Waals surface area contributed by atoms with Crippen LogP contribution in [-0.2, 0) is 0 Å². The highest BCUT2D eigenvalue weighted by atomic mass is 16.5. The molecule has 6 nitrogen and oxygen atoms in total. The minimum absolute atomic E-state index is 0.175. The number of ether oxygens (including phenoxy) is 2. The van der Waals surface area contributed by atoms with Crippen molar-refractivity contribution in [2.75, 3.05) is 19.1 Å². The number of carbonyl (C=O) groups excluding carboxylic acids is 3. The first-order chi connectivity index (χ1) is 20.4. The molecule has 4 aromatic carbocycles. The molecule has 1 aliphatic carbocycles. The molecule has 1 saturated heterocycles. The average Bonchev–Trinajstić information content (AvgIpc) is 3.46. The third kappa shape index (κ3) is 3.41. The number of Topliss-reactive ketones (excluding diaryl/α,β-unsaturated/α-hetero) is 3. The topological polar surface area (TPSA) is 72.9 Å². The van der Waals surface area contributed by atoms with Crippen molar-refractivity contribution in [1.29, 1.82) is 0 Å². The minimum Gasteiger partial charge on any atom is -0.497 e. The summed E-state index contributed by atoms with van der Waals surface area (Å²) in [6, 6.07) is 25.8. The van der Waals surface area contributed by atoms with Crippen molar-refractivity contribution in [3.63, 3.8) is 0 Å². The largest absolute Gasteiger partial charge is 0.497 e. The van der Waals surface area contributed by atoms with Crippen molar-refractivity contribution in [2.45, 2.75) is 24.9 Å². The molecule has 6 heteroatoms. The van der Waals surface area contributed by atoms with Gasteiger partial charge in [0.25, 0.3) is 0 Å². The molecule has 1 fully saturated rings. The van der Waals surface area contributed by atoms with Gasteiger partial charge in [0.1, 0.15) is 23.0 Å². The van der Waals surface area contributed by atoms with Crippen molar-refractivity contribution in [3.05, 3.63) is 130 Å². The predicted octanol–water partition coefficient (Wildman–Crippen LogP) is 6.33. The van der Waals surface area contributed by atoms with E-state index in [0.29, 0.717) is 33.8 Å². The molecule has 208 valence electrons. The summed E-state index contributed by atoms with van der Waals surface area (Å²) in [4.78, 5) is 46.5. The van der Waals surface area contributed by atoms with Gasteiger partial charge in [-0.25, -0.2) is 0 Å². The van der Waals surface area contributed by atoms with Crippen LogP contribution in [0.5, 0.6) is 11.5 Å². The maximum absolute atomic E-state index is 14.8. The highest BCUT2D eigenvalue weighted by Gasteiger charge is 2.72.